The van der Waals surface area contributed by atoms with E-state index in [0.29, 0.717) is 12.3 Å². The minimum absolute atomic E-state index is 0.208. The maximum absolute atomic E-state index is 11.7. The summed E-state index contributed by atoms with van der Waals surface area (Å²) in [5.74, 6) is -0.0180. The Kier molecular flexibility index (Phi) is 4.69. The Morgan fingerprint density at radius 1 is 1.56 bits per heavy atom. The van der Waals surface area contributed by atoms with Gasteiger partial charge in [-0.25, -0.2) is 0 Å². The molecule has 2 atom stereocenters. The van der Waals surface area contributed by atoms with E-state index < -0.39 is 5.79 Å². The second-order valence-electron chi connectivity index (χ2n) is 4.85. The van der Waals surface area contributed by atoms with Crippen LogP contribution in [0.15, 0.2) is 12.7 Å². The second kappa shape index (κ2) is 5.60. The van der Waals surface area contributed by atoms with Gasteiger partial charge in [-0.15, -0.1) is 6.58 Å². The van der Waals surface area contributed by atoms with Crippen molar-refractivity contribution >= 4 is 5.78 Å². The average molecular weight is 226 g/mol. The summed E-state index contributed by atoms with van der Waals surface area (Å²) in [4.78, 5) is 11.7. The molecule has 0 heterocycles. The molecule has 0 radical (unpaired) electrons. The minimum atomic E-state index is -0.673. The van der Waals surface area contributed by atoms with Crippen molar-refractivity contribution in [1.82, 2.24) is 0 Å². The number of carbonyl (C=O) groups excluding carboxylic acids is 1. The number of hydrogen-bond donors (Lipinski definition) is 0. The molecule has 3 heteroatoms. The van der Waals surface area contributed by atoms with Gasteiger partial charge in [0, 0.05) is 13.5 Å². The fourth-order valence-electron chi connectivity index (χ4n) is 2.01. The summed E-state index contributed by atoms with van der Waals surface area (Å²) in [6.45, 7) is 7.36. The smallest absolute Gasteiger partial charge is 0.163 e. The summed E-state index contributed by atoms with van der Waals surface area (Å²) < 4.78 is 10.8. The molecule has 1 aliphatic rings. The predicted molar refractivity (Wildman–Crippen MR) is 63.1 cm³/mol. The van der Waals surface area contributed by atoms with Crippen molar-refractivity contribution in [3.63, 3.8) is 0 Å². The predicted octanol–water partition coefficient (Wildman–Crippen LogP) is 2.70. The van der Waals surface area contributed by atoms with Gasteiger partial charge in [-0.1, -0.05) is 6.08 Å². The third-order valence-corrected chi connectivity index (χ3v) is 3.09. The first kappa shape index (κ1) is 13.4. The number of methoxy groups -OCH3 is 1. The Bertz CT molecular complexity index is 258. The molecule has 0 aromatic heterocycles. The topological polar surface area (TPSA) is 35.5 Å². The van der Waals surface area contributed by atoms with Crippen LogP contribution in [0.1, 0.15) is 39.5 Å². The molecule has 0 unspecified atom stereocenters. The molecule has 3 nitrogen and oxygen atoms in total. The molecule has 1 aliphatic carbocycles. The molecular weight excluding hydrogens is 204 g/mol. The Morgan fingerprint density at radius 3 is 2.81 bits per heavy atom. The summed E-state index contributed by atoms with van der Waals surface area (Å²) in [6.07, 6.45) is 5.07. The Morgan fingerprint density at radius 2 is 2.25 bits per heavy atom. The highest BCUT2D eigenvalue weighted by atomic mass is 16.7. The molecule has 1 rings (SSSR count). The number of allylic oxidation sites excluding steroid dienone is 1. The van der Waals surface area contributed by atoms with Crippen molar-refractivity contribution in [3.8, 4) is 0 Å². The van der Waals surface area contributed by atoms with Gasteiger partial charge in [0.1, 0.15) is 6.10 Å². The van der Waals surface area contributed by atoms with Gasteiger partial charge < -0.3 is 9.47 Å². The molecule has 1 saturated carbocycles. The zero-order valence-electron chi connectivity index (χ0n) is 10.5. The molecule has 0 aromatic rings. The van der Waals surface area contributed by atoms with Crippen LogP contribution in [0, 0.1) is 5.92 Å². The first-order valence-electron chi connectivity index (χ1n) is 5.85. The van der Waals surface area contributed by atoms with Crippen LogP contribution in [0.5, 0.6) is 0 Å². The monoisotopic (exact) mass is 226 g/mol. The number of rotatable bonds is 6. The summed E-state index contributed by atoms with van der Waals surface area (Å²) >= 11 is 0. The van der Waals surface area contributed by atoms with Crippen molar-refractivity contribution in [2.45, 2.75) is 51.4 Å². The van der Waals surface area contributed by atoms with E-state index in [-0.39, 0.29) is 11.9 Å². The van der Waals surface area contributed by atoms with Gasteiger partial charge in [-0.3, -0.25) is 4.79 Å². The number of carbonyl (C=O) groups is 1. The Balaban J connectivity index is 2.45. The van der Waals surface area contributed by atoms with Crippen molar-refractivity contribution in [2.24, 2.45) is 5.92 Å². The first-order chi connectivity index (χ1) is 7.48. The van der Waals surface area contributed by atoms with Gasteiger partial charge in [0.05, 0.1) is 0 Å². The zero-order valence-corrected chi connectivity index (χ0v) is 10.5. The van der Waals surface area contributed by atoms with Gasteiger partial charge >= 0.3 is 0 Å². The molecule has 1 fully saturated rings. The van der Waals surface area contributed by atoms with Crippen LogP contribution >= 0.6 is 0 Å². The first-order valence-corrected chi connectivity index (χ1v) is 5.85. The normalized spacial score (nSPS) is 26.1. The van der Waals surface area contributed by atoms with Crippen LogP contribution in [0.2, 0.25) is 0 Å². The maximum atomic E-state index is 11.7. The van der Waals surface area contributed by atoms with Crippen LogP contribution in [0.3, 0.4) is 0 Å². The average Bonchev–Trinajstić information content (AvgIpc) is 2.56. The lowest BCUT2D eigenvalue weighted by Gasteiger charge is -2.26. The van der Waals surface area contributed by atoms with Crippen molar-refractivity contribution in [2.75, 3.05) is 7.11 Å². The number of hydrogen-bond acceptors (Lipinski definition) is 3. The van der Waals surface area contributed by atoms with Gasteiger partial charge in [-0.2, -0.15) is 0 Å². The Hall–Kier alpha value is -0.670. The molecule has 0 N–H and O–H groups in total. The highest BCUT2D eigenvalue weighted by Crippen LogP contribution is 2.31. The zero-order chi connectivity index (χ0) is 12.2. The third kappa shape index (κ3) is 3.72. The highest BCUT2D eigenvalue weighted by Gasteiger charge is 2.36. The van der Waals surface area contributed by atoms with Gasteiger partial charge in [0.15, 0.2) is 11.6 Å². The largest absolute Gasteiger partial charge is 0.354 e. The molecule has 0 aromatic carbocycles. The quantitative estimate of drug-likeness (QED) is 0.516. The SMILES string of the molecule is C=CCC[C@H]1CC(=O)[C@H](OC(C)(C)OC)C1. The third-order valence-electron chi connectivity index (χ3n) is 3.09. The minimum Gasteiger partial charge on any atom is -0.354 e. The van der Waals surface area contributed by atoms with E-state index in [1.807, 2.05) is 19.9 Å². The number of Topliss-reactive ketones (excluding diaryl/α,β-unsaturated/α-hetero) is 1. The molecule has 0 amide bonds. The van der Waals surface area contributed by atoms with Crippen LogP contribution in [0.25, 0.3) is 0 Å². The van der Waals surface area contributed by atoms with E-state index in [2.05, 4.69) is 6.58 Å². The van der Waals surface area contributed by atoms with E-state index in [4.69, 9.17) is 9.47 Å². The molecule has 0 bridgehead atoms. The van der Waals surface area contributed by atoms with Crippen LogP contribution in [-0.2, 0) is 14.3 Å². The number of ketones is 1. The van der Waals surface area contributed by atoms with Gasteiger partial charge in [0.25, 0.3) is 0 Å². The summed E-state index contributed by atoms with van der Waals surface area (Å²) in [5, 5.41) is 0. The fraction of sp³-hybridized carbons (Fsp3) is 0.769. The van der Waals surface area contributed by atoms with Gasteiger partial charge in [-0.05, 0) is 39.0 Å². The lowest BCUT2D eigenvalue weighted by atomic mass is 10.0. The molecule has 92 valence electrons. The molecule has 0 saturated heterocycles. The summed E-state index contributed by atoms with van der Waals surface area (Å²) in [6, 6.07) is 0. The van der Waals surface area contributed by atoms with E-state index in [9.17, 15) is 4.79 Å². The lowest BCUT2D eigenvalue weighted by Crippen LogP contribution is -2.34. The maximum Gasteiger partial charge on any atom is 0.163 e. The summed E-state index contributed by atoms with van der Waals surface area (Å²) in [7, 11) is 1.59. The molecule has 0 aliphatic heterocycles. The second-order valence-corrected chi connectivity index (χ2v) is 4.85. The molecule has 16 heavy (non-hydrogen) atoms. The van der Waals surface area contributed by atoms with E-state index in [1.165, 1.54) is 0 Å². The van der Waals surface area contributed by atoms with E-state index >= 15 is 0 Å². The van der Waals surface area contributed by atoms with Crippen molar-refractivity contribution in [1.29, 1.82) is 0 Å². The van der Waals surface area contributed by atoms with Crippen LogP contribution in [0.4, 0.5) is 0 Å². The van der Waals surface area contributed by atoms with Crippen LogP contribution in [-0.4, -0.2) is 24.8 Å². The molecular formula is C13H22O3. The lowest BCUT2D eigenvalue weighted by molar-refractivity contribution is -0.220. The van der Waals surface area contributed by atoms with Crippen LogP contribution < -0.4 is 0 Å². The fourth-order valence-corrected chi connectivity index (χ4v) is 2.01. The standard InChI is InChI=1S/C13H22O3/c1-5-6-7-10-8-11(14)12(9-10)16-13(2,3)15-4/h5,10,12H,1,6-9H2,2-4H3/t10-,12+/m0/s1. The number of ether oxygens (including phenoxy) is 2. The Labute approximate surface area is 97.8 Å². The summed E-state index contributed by atoms with van der Waals surface area (Å²) in [5.41, 5.74) is 0. The van der Waals surface area contributed by atoms with E-state index in [0.717, 1.165) is 19.3 Å². The van der Waals surface area contributed by atoms with Crippen molar-refractivity contribution in [3.05, 3.63) is 12.7 Å². The van der Waals surface area contributed by atoms with E-state index in [1.54, 1.807) is 7.11 Å². The molecule has 0 spiro atoms. The highest BCUT2D eigenvalue weighted by molar-refractivity contribution is 5.85. The van der Waals surface area contributed by atoms with Gasteiger partial charge in [0.2, 0.25) is 0 Å². The van der Waals surface area contributed by atoms with Crippen molar-refractivity contribution < 1.29 is 14.3 Å².